The number of hydrogen-bond donors (Lipinski definition) is 2. The number of thiophene rings is 1. The first-order valence-electron chi connectivity index (χ1n) is 7.46. The van der Waals surface area contributed by atoms with Crippen molar-refractivity contribution in [2.45, 2.75) is 26.8 Å². The van der Waals surface area contributed by atoms with Gasteiger partial charge in [-0.3, -0.25) is 0 Å². The van der Waals surface area contributed by atoms with Gasteiger partial charge in [0.1, 0.15) is 0 Å². The van der Waals surface area contributed by atoms with E-state index >= 15 is 0 Å². The molecular weight excluding hydrogens is 286 g/mol. The molecular formula is C15H27N3O2S. The number of aryl methyl sites for hydroxylation is 1. The minimum Gasteiger partial charge on any atom is -0.382 e. The number of methoxy groups -OCH3 is 1. The maximum atomic E-state index is 5.42. The molecule has 5 nitrogen and oxygen atoms in total. The smallest absolute Gasteiger partial charge is 0.191 e. The van der Waals surface area contributed by atoms with E-state index in [9.17, 15) is 0 Å². The van der Waals surface area contributed by atoms with E-state index in [1.165, 1.54) is 9.75 Å². The summed E-state index contributed by atoms with van der Waals surface area (Å²) in [5, 5.41) is 6.51. The minimum absolute atomic E-state index is 0.626. The summed E-state index contributed by atoms with van der Waals surface area (Å²) in [6.07, 6.45) is 1.09. The third-order valence-electron chi connectivity index (χ3n) is 2.77. The third kappa shape index (κ3) is 8.04. The van der Waals surface area contributed by atoms with Crippen LogP contribution in [0.25, 0.3) is 0 Å². The number of ether oxygens (including phenoxy) is 2. The summed E-state index contributed by atoms with van der Waals surface area (Å²) in [5.41, 5.74) is 0. The largest absolute Gasteiger partial charge is 0.382 e. The molecule has 0 unspecified atom stereocenters. The van der Waals surface area contributed by atoms with E-state index in [0.29, 0.717) is 26.4 Å². The summed E-state index contributed by atoms with van der Waals surface area (Å²) in [7, 11) is 1.67. The van der Waals surface area contributed by atoms with Gasteiger partial charge in [-0.1, -0.05) is 6.92 Å². The number of guanidine groups is 1. The first-order valence-corrected chi connectivity index (χ1v) is 8.28. The van der Waals surface area contributed by atoms with E-state index in [2.05, 4.69) is 41.6 Å². The molecule has 1 aromatic heterocycles. The van der Waals surface area contributed by atoms with Crippen LogP contribution in [0.2, 0.25) is 0 Å². The van der Waals surface area contributed by atoms with Crippen LogP contribution in [-0.4, -0.2) is 46.0 Å². The van der Waals surface area contributed by atoms with Gasteiger partial charge in [-0.05, 0) is 25.5 Å². The molecule has 0 aliphatic rings. The Morgan fingerprint density at radius 2 is 1.95 bits per heavy atom. The summed E-state index contributed by atoms with van der Waals surface area (Å²) in [5.74, 6) is 0.833. The van der Waals surface area contributed by atoms with Crippen LogP contribution in [0.4, 0.5) is 0 Å². The van der Waals surface area contributed by atoms with E-state index in [4.69, 9.17) is 9.47 Å². The van der Waals surface area contributed by atoms with Crippen LogP contribution in [0.1, 0.15) is 23.6 Å². The average molecular weight is 313 g/mol. The number of nitrogens with zero attached hydrogens (tertiary/aromatic N) is 1. The van der Waals surface area contributed by atoms with Crippen LogP contribution >= 0.6 is 11.3 Å². The van der Waals surface area contributed by atoms with Crippen molar-refractivity contribution in [1.82, 2.24) is 10.6 Å². The highest BCUT2D eigenvalue weighted by molar-refractivity contribution is 7.11. The van der Waals surface area contributed by atoms with E-state index in [1.807, 2.05) is 11.3 Å². The normalized spacial score (nSPS) is 11.7. The molecule has 120 valence electrons. The second-order valence-corrected chi connectivity index (χ2v) is 5.70. The summed E-state index contributed by atoms with van der Waals surface area (Å²) >= 11 is 1.83. The highest BCUT2D eigenvalue weighted by atomic mass is 32.1. The highest BCUT2D eigenvalue weighted by Gasteiger charge is 2.00. The fourth-order valence-corrected chi connectivity index (χ4v) is 2.56. The summed E-state index contributed by atoms with van der Waals surface area (Å²) in [4.78, 5) is 7.29. The Hall–Kier alpha value is -1.11. The molecule has 0 aliphatic carbocycles. The molecule has 0 aliphatic heterocycles. The lowest BCUT2D eigenvalue weighted by Gasteiger charge is -2.11. The molecule has 0 bridgehead atoms. The van der Waals surface area contributed by atoms with Crippen molar-refractivity contribution in [3.8, 4) is 0 Å². The number of aliphatic imine (C=N–C) groups is 1. The van der Waals surface area contributed by atoms with Gasteiger partial charge in [0.15, 0.2) is 5.96 Å². The van der Waals surface area contributed by atoms with Gasteiger partial charge in [0.2, 0.25) is 0 Å². The topological polar surface area (TPSA) is 54.9 Å². The average Bonchev–Trinajstić information content (AvgIpc) is 2.96. The Morgan fingerprint density at radius 1 is 1.14 bits per heavy atom. The maximum absolute atomic E-state index is 5.42. The van der Waals surface area contributed by atoms with Gasteiger partial charge < -0.3 is 20.1 Å². The molecule has 0 saturated carbocycles. The maximum Gasteiger partial charge on any atom is 0.191 e. The summed E-state index contributed by atoms with van der Waals surface area (Å²) < 4.78 is 10.3. The Balaban J connectivity index is 2.31. The van der Waals surface area contributed by atoms with Crippen molar-refractivity contribution in [3.05, 3.63) is 21.9 Å². The van der Waals surface area contributed by atoms with E-state index in [1.54, 1.807) is 7.11 Å². The first kappa shape index (κ1) is 17.9. The van der Waals surface area contributed by atoms with Crippen LogP contribution < -0.4 is 10.6 Å². The lowest BCUT2D eigenvalue weighted by atomic mass is 10.4. The molecule has 6 heteroatoms. The van der Waals surface area contributed by atoms with Crippen molar-refractivity contribution in [2.24, 2.45) is 4.99 Å². The predicted octanol–water partition coefficient (Wildman–Crippen LogP) is 2.03. The zero-order valence-electron chi connectivity index (χ0n) is 13.3. The van der Waals surface area contributed by atoms with Crippen molar-refractivity contribution in [1.29, 1.82) is 0 Å². The van der Waals surface area contributed by atoms with Gasteiger partial charge in [0, 0.05) is 30.0 Å². The second-order valence-electron chi connectivity index (χ2n) is 4.45. The monoisotopic (exact) mass is 313 g/mol. The van der Waals surface area contributed by atoms with Crippen LogP contribution in [0, 0.1) is 0 Å². The minimum atomic E-state index is 0.626. The Bertz CT molecular complexity index is 407. The predicted molar refractivity (Wildman–Crippen MR) is 89.2 cm³/mol. The summed E-state index contributed by atoms with van der Waals surface area (Å²) in [6.45, 7) is 8.44. The molecule has 21 heavy (non-hydrogen) atoms. The zero-order valence-corrected chi connectivity index (χ0v) is 14.1. The number of nitrogens with one attached hydrogen (secondary N) is 2. The lowest BCUT2D eigenvalue weighted by molar-refractivity contribution is 0.0733. The van der Waals surface area contributed by atoms with Crippen molar-refractivity contribution < 1.29 is 9.47 Å². The molecule has 0 atom stereocenters. The van der Waals surface area contributed by atoms with Crippen LogP contribution in [0.15, 0.2) is 17.1 Å². The van der Waals surface area contributed by atoms with Gasteiger partial charge in [0.25, 0.3) is 0 Å². The second kappa shape index (κ2) is 11.5. The fourth-order valence-electron chi connectivity index (χ4n) is 1.68. The molecule has 0 radical (unpaired) electrons. The number of rotatable bonds is 10. The van der Waals surface area contributed by atoms with Crippen molar-refractivity contribution in [3.63, 3.8) is 0 Å². The summed E-state index contributed by atoms with van der Waals surface area (Å²) in [6, 6.07) is 4.34. The molecule has 0 fully saturated rings. The van der Waals surface area contributed by atoms with Crippen molar-refractivity contribution in [2.75, 3.05) is 40.0 Å². The molecule has 1 heterocycles. The quantitative estimate of drug-likeness (QED) is 0.394. The zero-order chi connectivity index (χ0) is 15.3. The van der Waals surface area contributed by atoms with Gasteiger partial charge in [-0.2, -0.15) is 0 Å². The van der Waals surface area contributed by atoms with Crippen molar-refractivity contribution >= 4 is 17.3 Å². The van der Waals surface area contributed by atoms with Crippen LogP contribution in [0.5, 0.6) is 0 Å². The van der Waals surface area contributed by atoms with Crippen LogP contribution in [0.3, 0.4) is 0 Å². The van der Waals surface area contributed by atoms with E-state index in [0.717, 1.165) is 25.5 Å². The van der Waals surface area contributed by atoms with Crippen LogP contribution in [-0.2, 0) is 22.4 Å². The molecule has 1 aromatic rings. The SMILES string of the molecule is CCNC(=NCc1ccc(CC)s1)NCCOCCOC. The third-order valence-corrected chi connectivity index (χ3v) is 3.99. The van der Waals surface area contributed by atoms with E-state index < -0.39 is 0 Å². The molecule has 0 amide bonds. The Labute approximate surface area is 131 Å². The number of hydrogen-bond acceptors (Lipinski definition) is 4. The van der Waals surface area contributed by atoms with Gasteiger partial charge in [-0.15, -0.1) is 11.3 Å². The molecule has 1 rings (SSSR count). The standard InChI is InChI=1S/C15H27N3O2S/c1-4-13-6-7-14(21-13)12-18-15(16-5-2)17-8-9-20-11-10-19-3/h6-7H,4-5,8-12H2,1-3H3,(H2,16,17,18). The Kier molecular flexibility index (Phi) is 9.86. The molecule has 0 saturated heterocycles. The van der Waals surface area contributed by atoms with Gasteiger partial charge in [0.05, 0.1) is 26.4 Å². The lowest BCUT2D eigenvalue weighted by Crippen LogP contribution is -2.39. The van der Waals surface area contributed by atoms with Gasteiger partial charge >= 0.3 is 0 Å². The first-order chi connectivity index (χ1) is 10.3. The van der Waals surface area contributed by atoms with Gasteiger partial charge in [-0.25, -0.2) is 4.99 Å². The Morgan fingerprint density at radius 3 is 2.62 bits per heavy atom. The highest BCUT2D eigenvalue weighted by Crippen LogP contribution is 2.17. The molecule has 2 N–H and O–H groups in total. The molecule has 0 spiro atoms. The fraction of sp³-hybridized carbons (Fsp3) is 0.667. The molecule has 0 aromatic carbocycles. The van der Waals surface area contributed by atoms with E-state index in [-0.39, 0.29) is 0 Å².